The van der Waals surface area contributed by atoms with E-state index >= 15 is 0 Å². The predicted octanol–water partition coefficient (Wildman–Crippen LogP) is 2.27. The number of carbonyl (C=O) groups excluding carboxylic acids is 1. The van der Waals surface area contributed by atoms with E-state index in [1.165, 1.54) is 12.1 Å². The van der Waals surface area contributed by atoms with Crippen LogP contribution in [0.5, 0.6) is 11.5 Å². The van der Waals surface area contributed by atoms with Gasteiger partial charge in [-0.2, -0.15) is 0 Å². The van der Waals surface area contributed by atoms with Crippen LogP contribution in [0.2, 0.25) is 0 Å². The number of anilines is 1. The largest absolute Gasteiger partial charge is 0.454 e. The van der Waals surface area contributed by atoms with Crippen molar-refractivity contribution in [3.63, 3.8) is 0 Å². The Balaban J connectivity index is 0.00000200. The minimum absolute atomic E-state index is 0. The van der Waals surface area contributed by atoms with E-state index in [9.17, 15) is 18.3 Å². The molecular formula is C25H29N3O7S. The van der Waals surface area contributed by atoms with Crippen LogP contribution in [0.25, 0.3) is 11.3 Å². The van der Waals surface area contributed by atoms with Crippen LogP contribution in [0.15, 0.2) is 65.6 Å². The molecule has 1 atom stereocenters. The molecule has 0 bridgehead atoms. The average Bonchev–Trinajstić information content (AvgIpc) is 3.58. The van der Waals surface area contributed by atoms with Gasteiger partial charge in [-0.25, -0.2) is 18.1 Å². The molecule has 2 aromatic carbocycles. The molecule has 0 unspecified atom stereocenters. The second-order valence-corrected chi connectivity index (χ2v) is 10.5. The summed E-state index contributed by atoms with van der Waals surface area (Å²) in [6.45, 7) is -0.666. The molecule has 4 N–H and O–H groups in total. The molecule has 0 saturated heterocycles. The minimum Gasteiger partial charge on any atom is -0.454 e. The van der Waals surface area contributed by atoms with Crippen molar-refractivity contribution in [2.24, 2.45) is 0 Å². The number of ether oxygens (including phenoxy) is 2. The lowest BCUT2D eigenvalue weighted by atomic mass is 9.94. The minimum atomic E-state index is -3.84. The van der Waals surface area contributed by atoms with Crippen LogP contribution < -0.4 is 19.5 Å². The first-order valence-electron chi connectivity index (χ1n) is 11.4. The second-order valence-electron chi connectivity index (χ2n) is 8.73. The molecule has 192 valence electrons. The van der Waals surface area contributed by atoms with Crippen molar-refractivity contribution in [3.05, 3.63) is 66.2 Å². The van der Waals surface area contributed by atoms with Gasteiger partial charge in [0.2, 0.25) is 22.7 Å². The summed E-state index contributed by atoms with van der Waals surface area (Å²) in [5.41, 5.74) is 1.47. The molecule has 0 radical (unpaired) electrons. The maximum absolute atomic E-state index is 13.2. The van der Waals surface area contributed by atoms with Gasteiger partial charge in [-0.3, -0.25) is 4.79 Å². The Morgan fingerprint density at radius 1 is 1.08 bits per heavy atom. The standard InChI is InChI=1S/C25H25N3O7S.2H2/c29-14-18(30)13-26-36(32,33)19-7-4-16(5-8-19)20-2-1-3-23(27-20)28-24(31)25(10-11-25)17-6-9-21-22(12-17)35-15-34-21;;/h1-9,12,18,26,29-30H,10-11,13-15H2,(H,27,28,31);2*1H/t18-;;/m0../s1. The third-order valence-corrected chi connectivity index (χ3v) is 7.72. The number of aliphatic hydroxyl groups is 2. The van der Waals surface area contributed by atoms with Crippen LogP contribution in [-0.2, 0) is 20.2 Å². The molecule has 1 aliphatic heterocycles. The number of rotatable bonds is 9. The number of aromatic nitrogens is 1. The highest BCUT2D eigenvalue weighted by Gasteiger charge is 2.51. The van der Waals surface area contributed by atoms with E-state index in [4.69, 9.17) is 14.6 Å². The molecule has 10 nitrogen and oxygen atoms in total. The Bertz CT molecular complexity index is 1400. The SMILES string of the molecule is O=C(Nc1cccc(-c2ccc(S(=O)(=O)NC[C@H](O)CO)cc2)n1)C1(c2ccc3c(c2)OCO3)CC1.[HH].[HH]. The maximum Gasteiger partial charge on any atom is 0.240 e. The van der Waals surface area contributed by atoms with E-state index in [1.807, 2.05) is 18.2 Å². The lowest BCUT2D eigenvalue weighted by Crippen LogP contribution is -2.33. The first-order chi connectivity index (χ1) is 17.3. The van der Waals surface area contributed by atoms with E-state index in [1.54, 1.807) is 30.3 Å². The molecular weight excluding hydrogens is 486 g/mol. The van der Waals surface area contributed by atoms with Gasteiger partial charge in [-0.1, -0.05) is 24.3 Å². The summed E-state index contributed by atoms with van der Waals surface area (Å²) in [4.78, 5) is 17.8. The van der Waals surface area contributed by atoms with Crippen molar-refractivity contribution >= 4 is 21.7 Å². The molecule has 3 aromatic rings. The zero-order valence-corrected chi connectivity index (χ0v) is 20.0. The van der Waals surface area contributed by atoms with Crippen LogP contribution >= 0.6 is 0 Å². The Labute approximate surface area is 210 Å². The number of pyridine rings is 1. The number of hydrogen-bond donors (Lipinski definition) is 4. The summed E-state index contributed by atoms with van der Waals surface area (Å²) in [6, 6.07) is 16.9. The first kappa shape index (κ1) is 24.2. The van der Waals surface area contributed by atoms with E-state index in [-0.39, 0.29) is 27.0 Å². The van der Waals surface area contributed by atoms with E-state index in [0.29, 0.717) is 28.6 Å². The van der Waals surface area contributed by atoms with Gasteiger partial charge in [0, 0.05) is 15.0 Å². The summed E-state index contributed by atoms with van der Waals surface area (Å²) in [7, 11) is -3.84. The van der Waals surface area contributed by atoms with E-state index < -0.39 is 28.1 Å². The number of nitrogens with one attached hydrogen (secondary N) is 2. The maximum atomic E-state index is 13.2. The molecule has 1 aliphatic carbocycles. The quantitative estimate of drug-likeness (QED) is 0.339. The number of amides is 1. The lowest BCUT2D eigenvalue weighted by molar-refractivity contribution is -0.118. The monoisotopic (exact) mass is 515 g/mol. The summed E-state index contributed by atoms with van der Waals surface area (Å²) in [6.07, 6.45) is 0.260. The smallest absolute Gasteiger partial charge is 0.240 e. The van der Waals surface area contributed by atoms with Gasteiger partial charge in [0.15, 0.2) is 11.5 Å². The molecule has 1 fully saturated rings. The Morgan fingerprint density at radius 3 is 2.56 bits per heavy atom. The molecule has 2 heterocycles. The zero-order chi connectivity index (χ0) is 25.3. The highest BCUT2D eigenvalue weighted by molar-refractivity contribution is 7.89. The predicted molar refractivity (Wildman–Crippen MR) is 134 cm³/mol. The fourth-order valence-electron chi connectivity index (χ4n) is 4.03. The van der Waals surface area contributed by atoms with Gasteiger partial charge in [0.1, 0.15) is 5.82 Å². The number of sulfonamides is 1. The van der Waals surface area contributed by atoms with Gasteiger partial charge in [0.05, 0.1) is 28.7 Å². The van der Waals surface area contributed by atoms with Crippen molar-refractivity contribution in [2.45, 2.75) is 29.3 Å². The molecule has 2 aliphatic rings. The normalized spacial score (nSPS) is 16.4. The number of benzene rings is 2. The Kier molecular flexibility index (Phi) is 6.39. The van der Waals surface area contributed by atoms with Crippen molar-refractivity contribution in [3.8, 4) is 22.8 Å². The number of carbonyl (C=O) groups is 1. The van der Waals surface area contributed by atoms with Crippen molar-refractivity contribution < 1.29 is 35.8 Å². The van der Waals surface area contributed by atoms with Crippen molar-refractivity contribution in [1.29, 1.82) is 0 Å². The number of aliphatic hydroxyl groups excluding tert-OH is 2. The highest BCUT2D eigenvalue weighted by Crippen LogP contribution is 2.51. The number of hydrogen-bond acceptors (Lipinski definition) is 8. The molecule has 1 aromatic heterocycles. The summed E-state index contributed by atoms with van der Waals surface area (Å²) in [5, 5.41) is 21.2. The fraction of sp³-hybridized carbons (Fsp3) is 0.280. The van der Waals surface area contributed by atoms with Crippen LogP contribution in [0.3, 0.4) is 0 Å². The Hall–Kier alpha value is -3.51. The van der Waals surface area contributed by atoms with Gasteiger partial charge >= 0.3 is 0 Å². The molecule has 1 amide bonds. The third-order valence-electron chi connectivity index (χ3n) is 6.28. The molecule has 1 saturated carbocycles. The second kappa shape index (κ2) is 9.51. The van der Waals surface area contributed by atoms with Crippen molar-refractivity contribution in [1.82, 2.24) is 9.71 Å². The van der Waals surface area contributed by atoms with Crippen LogP contribution in [0.1, 0.15) is 21.3 Å². The number of fused-ring (bicyclic) bond motifs is 1. The van der Waals surface area contributed by atoms with Gasteiger partial charge in [-0.05, 0) is 54.8 Å². The summed E-state index contributed by atoms with van der Waals surface area (Å²) < 4.78 is 37.8. The Morgan fingerprint density at radius 2 is 1.83 bits per heavy atom. The number of nitrogens with zero attached hydrogens (tertiary/aromatic N) is 1. The molecule has 36 heavy (non-hydrogen) atoms. The molecule has 5 rings (SSSR count). The van der Waals surface area contributed by atoms with E-state index in [2.05, 4.69) is 15.0 Å². The van der Waals surface area contributed by atoms with Gasteiger partial charge in [0.25, 0.3) is 0 Å². The van der Waals surface area contributed by atoms with Crippen molar-refractivity contribution in [2.75, 3.05) is 25.3 Å². The van der Waals surface area contributed by atoms with Crippen LogP contribution in [-0.4, -0.2) is 55.6 Å². The van der Waals surface area contributed by atoms with Gasteiger partial charge in [-0.15, -0.1) is 0 Å². The lowest BCUT2D eigenvalue weighted by Gasteiger charge is -2.16. The zero-order valence-electron chi connectivity index (χ0n) is 19.2. The third kappa shape index (κ3) is 4.78. The molecule has 11 heteroatoms. The molecule has 0 spiro atoms. The highest BCUT2D eigenvalue weighted by atomic mass is 32.2. The topological polar surface area (TPSA) is 147 Å². The van der Waals surface area contributed by atoms with Crippen LogP contribution in [0, 0.1) is 0 Å². The van der Waals surface area contributed by atoms with Gasteiger partial charge < -0.3 is 25.0 Å². The average molecular weight is 516 g/mol. The van der Waals surface area contributed by atoms with E-state index in [0.717, 1.165) is 18.4 Å². The van der Waals surface area contributed by atoms with Crippen LogP contribution in [0.4, 0.5) is 5.82 Å². The summed E-state index contributed by atoms with van der Waals surface area (Å²) >= 11 is 0. The summed E-state index contributed by atoms with van der Waals surface area (Å²) in [5.74, 6) is 1.54. The first-order valence-corrected chi connectivity index (χ1v) is 12.9. The fourth-order valence-corrected chi connectivity index (χ4v) is 5.10.